The molecule has 0 spiro atoms. The Hall–Kier alpha value is -2.26. The van der Waals surface area contributed by atoms with Gasteiger partial charge in [-0.3, -0.25) is 14.9 Å². The first kappa shape index (κ1) is 18.5. The van der Waals surface area contributed by atoms with E-state index >= 15 is 0 Å². The second kappa shape index (κ2) is 7.55. The smallest absolute Gasteiger partial charge is 0.289 e. The Morgan fingerprint density at radius 3 is 2.50 bits per heavy atom. The van der Waals surface area contributed by atoms with Crippen molar-refractivity contribution in [2.45, 2.75) is 24.2 Å². The molecule has 0 unspecified atom stereocenters. The van der Waals surface area contributed by atoms with Gasteiger partial charge in [-0.15, -0.1) is 0 Å². The first-order valence-corrected chi connectivity index (χ1v) is 10.0. The van der Waals surface area contributed by atoms with Crippen LogP contribution in [0.3, 0.4) is 0 Å². The number of hydrogen-bond donors (Lipinski definition) is 0. The number of rotatable bonds is 5. The summed E-state index contributed by atoms with van der Waals surface area (Å²) in [5.74, 6) is 0.306. The molecule has 8 nitrogen and oxygen atoms in total. The number of nitro groups is 1. The minimum absolute atomic E-state index is 0.0317. The van der Waals surface area contributed by atoms with Crippen molar-refractivity contribution in [3.05, 3.63) is 46.5 Å². The summed E-state index contributed by atoms with van der Waals surface area (Å²) >= 11 is 0. The van der Waals surface area contributed by atoms with E-state index in [4.69, 9.17) is 0 Å². The van der Waals surface area contributed by atoms with Crippen LogP contribution < -0.4 is 0 Å². The maximum Gasteiger partial charge on any atom is 0.289 e. The fourth-order valence-electron chi connectivity index (χ4n) is 3.36. The van der Waals surface area contributed by atoms with E-state index in [1.165, 1.54) is 28.6 Å². The molecule has 3 rings (SSSR count). The summed E-state index contributed by atoms with van der Waals surface area (Å²) in [5, 5.41) is 11.1. The highest BCUT2D eigenvalue weighted by Gasteiger charge is 2.34. The SMILES string of the molecule is O=C(C[C@H]1C=CCC1)N1CCN(S(=O)(=O)c2ccccc2[N+](=O)[O-])CC1. The standard InChI is InChI=1S/C17H21N3O5S/c21-17(13-14-5-1-2-6-14)18-9-11-19(12-10-18)26(24,25)16-8-4-3-7-15(16)20(22)23/h1,3-5,7-8,14H,2,6,9-13H2/t14-/m0/s1. The molecule has 1 fully saturated rings. The van der Waals surface area contributed by atoms with Gasteiger partial charge in [0, 0.05) is 38.7 Å². The van der Waals surface area contributed by atoms with Gasteiger partial charge in [0.25, 0.3) is 5.69 Å². The van der Waals surface area contributed by atoms with Crippen molar-refractivity contribution >= 4 is 21.6 Å². The number of sulfonamides is 1. The zero-order valence-corrected chi connectivity index (χ0v) is 15.1. The number of piperazine rings is 1. The summed E-state index contributed by atoms with van der Waals surface area (Å²) in [6.45, 7) is 0.880. The fraction of sp³-hybridized carbons (Fsp3) is 0.471. The summed E-state index contributed by atoms with van der Waals surface area (Å²) in [5.41, 5.74) is -0.431. The molecule has 0 radical (unpaired) electrons. The summed E-state index contributed by atoms with van der Waals surface area (Å²) in [7, 11) is -3.97. The van der Waals surface area contributed by atoms with E-state index in [2.05, 4.69) is 12.2 Å². The molecule has 2 aliphatic rings. The first-order valence-electron chi connectivity index (χ1n) is 8.57. The Kier molecular flexibility index (Phi) is 5.38. The van der Waals surface area contributed by atoms with E-state index in [9.17, 15) is 23.3 Å². The zero-order chi connectivity index (χ0) is 18.7. The molecule has 26 heavy (non-hydrogen) atoms. The topological polar surface area (TPSA) is 101 Å². The molecule has 1 aromatic rings. The van der Waals surface area contributed by atoms with E-state index < -0.39 is 20.6 Å². The highest BCUT2D eigenvalue weighted by atomic mass is 32.2. The van der Waals surface area contributed by atoms with Gasteiger partial charge >= 0.3 is 0 Å². The van der Waals surface area contributed by atoms with Crippen LogP contribution in [-0.2, 0) is 14.8 Å². The molecule has 9 heteroatoms. The lowest BCUT2D eigenvalue weighted by Gasteiger charge is -2.34. The molecule has 1 aliphatic heterocycles. The van der Waals surface area contributed by atoms with Crippen LogP contribution in [0.25, 0.3) is 0 Å². The fourth-order valence-corrected chi connectivity index (χ4v) is 4.94. The number of carbonyl (C=O) groups excluding carboxylic acids is 1. The number of nitrogens with zero attached hydrogens (tertiary/aromatic N) is 3. The van der Waals surface area contributed by atoms with Crippen LogP contribution in [0.15, 0.2) is 41.3 Å². The quantitative estimate of drug-likeness (QED) is 0.441. The van der Waals surface area contributed by atoms with E-state index in [-0.39, 0.29) is 29.8 Å². The lowest BCUT2D eigenvalue weighted by atomic mass is 10.0. The number of para-hydroxylation sites is 1. The largest absolute Gasteiger partial charge is 0.340 e. The predicted molar refractivity (Wildman–Crippen MR) is 94.9 cm³/mol. The Bertz CT molecular complexity index is 829. The van der Waals surface area contributed by atoms with Crippen LogP contribution in [0.5, 0.6) is 0 Å². The van der Waals surface area contributed by atoms with Crippen LogP contribution >= 0.6 is 0 Å². The maximum atomic E-state index is 12.8. The number of nitro benzene ring substituents is 1. The minimum Gasteiger partial charge on any atom is -0.340 e. The van der Waals surface area contributed by atoms with Crippen molar-refractivity contribution in [3.63, 3.8) is 0 Å². The average Bonchev–Trinajstić information content (AvgIpc) is 3.14. The maximum absolute atomic E-state index is 12.8. The van der Waals surface area contributed by atoms with E-state index in [0.29, 0.717) is 19.5 Å². The average molecular weight is 379 g/mol. The molecular formula is C17H21N3O5S. The predicted octanol–water partition coefficient (Wildman–Crippen LogP) is 1.78. The molecule has 0 bridgehead atoms. The molecular weight excluding hydrogens is 358 g/mol. The second-order valence-electron chi connectivity index (χ2n) is 6.48. The third-order valence-corrected chi connectivity index (χ3v) is 6.77. The van der Waals surface area contributed by atoms with Crippen LogP contribution in [0, 0.1) is 16.0 Å². The van der Waals surface area contributed by atoms with E-state index in [1.54, 1.807) is 4.90 Å². The molecule has 1 atom stereocenters. The molecule has 1 heterocycles. The summed E-state index contributed by atoms with van der Waals surface area (Å²) in [6, 6.07) is 5.33. The summed E-state index contributed by atoms with van der Waals surface area (Å²) in [4.78, 5) is 24.2. The number of benzene rings is 1. The Morgan fingerprint density at radius 1 is 1.19 bits per heavy atom. The third kappa shape index (κ3) is 3.78. The summed E-state index contributed by atoms with van der Waals surface area (Å²) in [6.07, 6.45) is 6.58. The van der Waals surface area contributed by atoms with Gasteiger partial charge in [-0.05, 0) is 24.8 Å². The number of amides is 1. The molecule has 0 saturated carbocycles. The lowest BCUT2D eigenvalue weighted by Crippen LogP contribution is -2.50. The van der Waals surface area contributed by atoms with Gasteiger partial charge in [0.15, 0.2) is 4.90 Å². The van der Waals surface area contributed by atoms with Gasteiger partial charge in [0.05, 0.1) is 4.92 Å². The monoisotopic (exact) mass is 379 g/mol. The van der Waals surface area contributed by atoms with Gasteiger partial charge < -0.3 is 4.90 Å². The molecule has 1 aliphatic carbocycles. The molecule has 1 aromatic carbocycles. The molecule has 1 amide bonds. The van der Waals surface area contributed by atoms with Gasteiger partial charge in [0.2, 0.25) is 15.9 Å². The van der Waals surface area contributed by atoms with E-state index in [0.717, 1.165) is 12.8 Å². The Morgan fingerprint density at radius 2 is 1.88 bits per heavy atom. The van der Waals surface area contributed by atoms with Gasteiger partial charge in [-0.25, -0.2) is 8.42 Å². The van der Waals surface area contributed by atoms with E-state index in [1.807, 2.05) is 0 Å². The number of carbonyl (C=O) groups is 1. The Balaban J connectivity index is 1.66. The van der Waals surface area contributed by atoms with Crippen LogP contribution in [0.1, 0.15) is 19.3 Å². The third-order valence-electron chi connectivity index (χ3n) is 4.82. The molecule has 140 valence electrons. The second-order valence-corrected chi connectivity index (χ2v) is 8.39. The van der Waals surface area contributed by atoms with Crippen molar-refractivity contribution in [2.24, 2.45) is 5.92 Å². The molecule has 0 N–H and O–H groups in total. The number of allylic oxidation sites excluding steroid dienone is 2. The highest BCUT2D eigenvalue weighted by Crippen LogP contribution is 2.27. The van der Waals surface area contributed by atoms with Crippen molar-refractivity contribution in [1.29, 1.82) is 0 Å². The summed E-state index contributed by atoms with van der Waals surface area (Å²) < 4.78 is 26.8. The van der Waals surface area contributed by atoms with Gasteiger partial charge in [-0.1, -0.05) is 24.3 Å². The van der Waals surface area contributed by atoms with Gasteiger partial charge in [-0.2, -0.15) is 4.31 Å². The van der Waals surface area contributed by atoms with Crippen molar-refractivity contribution in [2.75, 3.05) is 26.2 Å². The normalized spacial score (nSPS) is 21.1. The molecule has 0 aromatic heterocycles. The van der Waals surface area contributed by atoms with Crippen molar-refractivity contribution < 1.29 is 18.1 Å². The Labute approximate surface area is 152 Å². The van der Waals surface area contributed by atoms with Crippen molar-refractivity contribution in [1.82, 2.24) is 9.21 Å². The first-order chi connectivity index (χ1) is 12.4. The van der Waals surface area contributed by atoms with Gasteiger partial charge in [0.1, 0.15) is 0 Å². The van der Waals surface area contributed by atoms with Crippen LogP contribution in [0.4, 0.5) is 5.69 Å². The van der Waals surface area contributed by atoms with Crippen LogP contribution in [-0.4, -0.2) is 54.6 Å². The highest BCUT2D eigenvalue weighted by molar-refractivity contribution is 7.89. The van der Waals surface area contributed by atoms with Crippen LogP contribution in [0.2, 0.25) is 0 Å². The van der Waals surface area contributed by atoms with Crippen molar-refractivity contribution in [3.8, 4) is 0 Å². The molecule has 1 saturated heterocycles. The minimum atomic E-state index is -3.97. The zero-order valence-electron chi connectivity index (χ0n) is 14.3. The number of hydrogen-bond acceptors (Lipinski definition) is 5. The lowest BCUT2D eigenvalue weighted by molar-refractivity contribution is -0.387.